The largest absolute Gasteiger partial charge is 0.512 e. The smallest absolute Gasteiger partial charge is 0.164 e. The predicted molar refractivity (Wildman–Crippen MR) is 217 cm³/mol. The number of fused-ring (bicyclic) bond motifs is 3. The molecule has 0 bridgehead atoms. The van der Waals surface area contributed by atoms with Crippen molar-refractivity contribution in [1.29, 1.82) is 0 Å². The van der Waals surface area contributed by atoms with Crippen LogP contribution in [0.2, 0.25) is 0 Å². The predicted octanol–water partition coefficient (Wildman–Crippen LogP) is 13.3. The number of aromatic nitrogens is 2. The van der Waals surface area contributed by atoms with Crippen molar-refractivity contribution in [3.63, 3.8) is 0 Å². The molecule has 0 fully saturated rings. The standard InChI is InChI=1S/C32H31N2.C15H28O2.Ir/c1-20(2)31-33-29(25-14-10-13-23(18-25)22-11-8-7-9-12-22)27-16-15-24-19-26(32(4,5)6)17-21(3)28(24)30(27)34-31;1-7-14(5,8-2)12(16)11-13(17)15(6,9-3)10-4;/h7-13,15-20H,1-6H3;11,16H,7-10H2,1-6H3;/q-1;;/b;12-11-;. The van der Waals surface area contributed by atoms with Crippen molar-refractivity contribution in [2.75, 3.05) is 0 Å². The second-order valence-corrected chi connectivity index (χ2v) is 16.0. The number of ketones is 1. The Kier molecular flexibility index (Phi) is 14.3. The van der Waals surface area contributed by atoms with E-state index < -0.39 is 0 Å². The maximum Gasteiger partial charge on any atom is 0.164 e. The summed E-state index contributed by atoms with van der Waals surface area (Å²) in [5, 5.41) is 13.7. The van der Waals surface area contributed by atoms with Gasteiger partial charge in [0.2, 0.25) is 0 Å². The van der Waals surface area contributed by atoms with E-state index >= 15 is 0 Å². The number of aliphatic hydroxyl groups is 1. The number of rotatable bonds is 10. The summed E-state index contributed by atoms with van der Waals surface area (Å²) in [6.07, 6.45) is 4.75. The summed E-state index contributed by atoms with van der Waals surface area (Å²) in [4.78, 5) is 22.3. The Morgan fingerprint density at radius 3 is 1.98 bits per heavy atom. The maximum absolute atomic E-state index is 12.2. The molecular formula is C47H59IrN2O2-. The van der Waals surface area contributed by atoms with Crippen LogP contribution in [0.5, 0.6) is 0 Å². The van der Waals surface area contributed by atoms with E-state index in [1.54, 1.807) is 0 Å². The van der Waals surface area contributed by atoms with E-state index in [1.807, 2.05) is 53.7 Å². The Bertz CT molecular complexity index is 2010. The number of aryl methyl sites for hydroxylation is 1. The van der Waals surface area contributed by atoms with Gasteiger partial charge in [0, 0.05) is 48.3 Å². The Morgan fingerprint density at radius 1 is 0.808 bits per heavy atom. The molecule has 5 aromatic rings. The number of carbonyl (C=O) groups excluding carboxylic acids is 1. The van der Waals surface area contributed by atoms with Crippen LogP contribution in [0.15, 0.2) is 84.6 Å². The van der Waals surface area contributed by atoms with Gasteiger partial charge in [-0.1, -0.05) is 131 Å². The van der Waals surface area contributed by atoms with E-state index in [1.165, 1.54) is 39.1 Å². The number of benzene rings is 4. The molecule has 0 aliphatic carbocycles. The molecule has 0 aliphatic rings. The van der Waals surface area contributed by atoms with Crippen LogP contribution in [-0.2, 0) is 30.3 Å². The molecule has 52 heavy (non-hydrogen) atoms. The fraction of sp³-hybridized carbons (Fsp3) is 0.426. The van der Waals surface area contributed by atoms with Crippen LogP contribution < -0.4 is 0 Å². The number of allylic oxidation sites excluding steroid dienone is 2. The van der Waals surface area contributed by atoms with Crippen LogP contribution in [0.4, 0.5) is 0 Å². The summed E-state index contributed by atoms with van der Waals surface area (Å²) in [7, 11) is 0. The van der Waals surface area contributed by atoms with Gasteiger partial charge in [0.1, 0.15) is 11.6 Å². The molecule has 0 atom stereocenters. The van der Waals surface area contributed by atoms with Gasteiger partial charge < -0.3 is 5.11 Å². The first-order chi connectivity index (χ1) is 24.0. The second-order valence-electron chi connectivity index (χ2n) is 16.0. The Hall–Kier alpha value is -3.66. The fourth-order valence-corrected chi connectivity index (χ4v) is 6.27. The van der Waals surface area contributed by atoms with Crippen molar-refractivity contribution in [3.05, 3.63) is 108 Å². The molecule has 1 radical (unpaired) electrons. The molecule has 1 heterocycles. The molecule has 4 nitrogen and oxygen atoms in total. The van der Waals surface area contributed by atoms with Gasteiger partial charge in [-0.05, 0) is 71.2 Å². The quantitative estimate of drug-likeness (QED) is 0.0657. The minimum absolute atomic E-state index is 0. The van der Waals surface area contributed by atoms with E-state index in [9.17, 15) is 9.90 Å². The molecule has 5 heteroatoms. The first-order valence-corrected chi connectivity index (χ1v) is 18.8. The molecule has 0 amide bonds. The Morgan fingerprint density at radius 2 is 1.42 bits per heavy atom. The van der Waals surface area contributed by atoms with E-state index in [2.05, 4.69) is 108 Å². The van der Waals surface area contributed by atoms with E-state index in [4.69, 9.17) is 9.97 Å². The van der Waals surface area contributed by atoms with Crippen LogP contribution in [0.1, 0.15) is 125 Å². The van der Waals surface area contributed by atoms with E-state index in [0.29, 0.717) is 0 Å². The van der Waals surface area contributed by atoms with Gasteiger partial charge in [-0.25, -0.2) is 4.98 Å². The maximum atomic E-state index is 12.2. The van der Waals surface area contributed by atoms with Gasteiger partial charge in [0.15, 0.2) is 5.78 Å². The average molecular weight is 876 g/mol. The molecule has 0 aliphatic heterocycles. The van der Waals surface area contributed by atoms with Gasteiger partial charge in [0.05, 0.1) is 5.52 Å². The second kappa shape index (κ2) is 17.4. The van der Waals surface area contributed by atoms with Crippen molar-refractivity contribution >= 4 is 27.5 Å². The molecule has 4 aromatic carbocycles. The van der Waals surface area contributed by atoms with Gasteiger partial charge in [0.25, 0.3) is 0 Å². The van der Waals surface area contributed by atoms with Gasteiger partial charge in [-0.2, -0.15) is 0 Å². The van der Waals surface area contributed by atoms with Crippen LogP contribution in [0.25, 0.3) is 44.1 Å². The Balaban J connectivity index is 0.000000347. The van der Waals surface area contributed by atoms with Crippen LogP contribution in [0, 0.1) is 23.8 Å². The number of hydrogen-bond donors (Lipinski definition) is 1. The molecule has 0 saturated heterocycles. The average Bonchev–Trinajstić information content (AvgIpc) is 3.13. The first kappa shape index (κ1) is 42.7. The van der Waals surface area contributed by atoms with Crippen molar-refractivity contribution in [3.8, 4) is 22.4 Å². The molecule has 5 rings (SSSR count). The summed E-state index contributed by atoms with van der Waals surface area (Å²) >= 11 is 0. The molecule has 0 unspecified atom stereocenters. The number of hydrogen-bond acceptors (Lipinski definition) is 4. The minimum atomic E-state index is -0.337. The van der Waals surface area contributed by atoms with Crippen molar-refractivity contribution in [1.82, 2.24) is 9.97 Å². The Labute approximate surface area is 326 Å². The molecule has 1 aromatic heterocycles. The molecule has 0 spiro atoms. The molecular weight excluding hydrogens is 817 g/mol. The summed E-state index contributed by atoms with van der Waals surface area (Å²) in [5.41, 5.74) is 7.44. The SMILES string of the molecule is CCC(C)(CC)C(=O)/C=C(\O)C(C)(CC)CC.Cc1cc(C(C)(C)C)cc2ccc3c(-c4[c-]ccc(-c5ccccc5)c4)nc(C(C)C)nc3c12.[Ir]. The molecule has 1 N–H and O–H groups in total. The number of nitrogens with zero attached hydrogens (tertiary/aromatic N) is 2. The summed E-state index contributed by atoms with van der Waals surface area (Å²) in [6.45, 7) is 25.4. The van der Waals surface area contributed by atoms with E-state index in [0.717, 1.165) is 53.7 Å². The summed E-state index contributed by atoms with van der Waals surface area (Å²) in [6, 6.07) is 29.3. The molecule has 0 saturated carbocycles. The summed E-state index contributed by atoms with van der Waals surface area (Å²) in [5.74, 6) is 1.38. The van der Waals surface area contributed by atoms with Crippen LogP contribution >= 0.6 is 0 Å². The molecule has 279 valence electrons. The topological polar surface area (TPSA) is 63.1 Å². The monoisotopic (exact) mass is 876 g/mol. The zero-order valence-electron chi connectivity index (χ0n) is 33.5. The number of carbonyl (C=O) groups is 1. The minimum Gasteiger partial charge on any atom is -0.512 e. The zero-order chi connectivity index (χ0) is 37.7. The van der Waals surface area contributed by atoms with Crippen molar-refractivity contribution < 1.29 is 30.0 Å². The van der Waals surface area contributed by atoms with Crippen molar-refractivity contribution in [2.24, 2.45) is 10.8 Å². The van der Waals surface area contributed by atoms with Crippen LogP contribution in [-0.4, -0.2) is 20.9 Å². The third kappa shape index (κ3) is 9.28. The van der Waals surface area contributed by atoms with Crippen molar-refractivity contribution in [2.45, 2.75) is 120 Å². The van der Waals surface area contributed by atoms with E-state index in [-0.39, 0.29) is 53.8 Å². The van der Waals surface area contributed by atoms with Crippen LogP contribution in [0.3, 0.4) is 0 Å². The normalized spacial score (nSPS) is 12.4. The van der Waals surface area contributed by atoms with Gasteiger partial charge >= 0.3 is 0 Å². The zero-order valence-corrected chi connectivity index (χ0v) is 35.9. The van der Waals surface area contributed by atoms with Gasteiger partial charge in [-0.15, -0.1) is 35.4 Å². The van der Waals surface area contributed by atoms with Gasteiger partial charge in [-0.3, -0.25) is 9.78 Å². The third-order valence-corrected chi connectivity index (χ3v) is 11.1. The number of aliphatic hydroxyl groups excluding tert-OH is 1. The first-order valence-electron chi connectivity index (χ1n) is 18.8. The third-order valence-electron chi connectivity index (χ3n) is 11.1. The fourth-order valence-electron chi connectivity index (χ4n) is 6.27. The summed E-state index contributed by atoms with van der Waals surface area (Å²) < 4.78 is 0.